The van der Waals surface area contributed by atoms with Crippen molar-refractivity contribution in [2.24, 2.45) is 10.7 Å². The fraction of sp³-hybridized carbons (Fsp3) is 0. The van der Waals surface area contributed by atoms with Gasteiger partial charge in [0.15, 0.2) is 0 Å². The molecule has 0 saturated heterocycles. The summed E-state index contributed by atoms with van der Waals surface area (Å²) >= 11 is 2.14. The van der Waals surface area contributed by atoms with Crippen molar-refractivity contribution in [1.29, 1.82) is 0 Å². The Morgan fingerprint density at radius 2 is 2.33 bits per heavy atom. The molecule has 0 radical (unpaired) electrons. The van der Waals surface area contributed by atoms with Gasteiger partial charge in [-0.2, -0.15) is 0 Å². The highest BCUT2D eigenvalue weighted by Crippen LogP contribution is 2.10. The Morgan fingerprint density at radius 3 is 2.92 bits per heavy atom. The number of rotatable bonds is 2. The molecule has 0 aliphatic heterocycles. The topological polar surface area (TPSA) is 51.3 Å². The molecule has 0 atom stereocenters. The first-order valence-electron chi connectivity index (χ1n) is 3.35. The number of nitrogens with zero attached hydrogens (tertiary/aromatic N) is 2. The molecule has 1 heterocycles. The lowest BCUT2D eigenvalue weighted by molar-refractivity contribution is 1.26. The molecule has 0 aromatic carbocycles. The lowest BCUT2D eigenvalue weighted by Gasteiger charge is -1.90. The molecule has 3 nitrogen and oxygen atoms in total. The largest absolute Gasteiger partial charge is 0.405 e. The number of allylic oxidation sites excluding steroid dienone is 1. The van der Waals surface area contributed by atoms with Crippen LogP contribution < -0.4 is 5.73 Å². The third kappa shape index (κ3) is 3.00. The molecule has 4 heteroatoms. The van der Waals surface area contributed by atoms with Crippen molar-refractivity contribution in [3.8, 4) is 0 Å². The van der Waals surface area contributed by atoms with Crippen LogP contribution in [0, 0.1) is 3.70 Å². The van der Waals surface area contributed by atoms with Crippen LogP contribution in [0.15, 0.2) is 35.6 Å². The van der Waals surface area contributed by atoms with Gasteiger partial charge in [-0.15, -0.1) is 0 Å². The van der Waals surface area contributed by atoms with Gasteiger partial charge in [0, 0.05) is 6.21 Å². The predicted octanol–water partition coefficient (Wildman–Crippen LogP) is 1.86. The second kappa shape index (κ2) is 4.87. The van der Waals surface area contributed by atoms with Crippen LogP contribution in [0.2, 0.25) is 0 Å². The third-order valence-corrected chi connectivity index (χ3v) is 1.77. The highest BCUT2D eigenvalue weighted by atomic mass is 127. The molecule has 62 valence electrons. The molecule has 0 bridgehead atoms. The molecule has 0 amide bonds. The van der Waals surface area contributed by atoms with Crippen molar-refractivity contribution in [2.75, 3.05) is 0 Å². The Balaban J connectivity index is 2.70. The first kappa shape index (κ1) is 9.18. The van der Waals surface area contributed by atoms with E-state index in [2.05, 4.69) is 32.6 Å². The maximum atomic E-state index is 5.13. The second-order valence-corrected chi connectivity index (χ2v) is 3.11. The van der Waals surface area contributed by atoms with Crippen LogP contribution in [0.25, 0.3) is 0 Å². The van der Waals surface area contributed by atoms with Crippen LogP contribution in [0.3, 0.4) is 0 Å². The number of pyridine rings is 1. The van der Waals surface area contributed by atoms with Crippen LogP contribution >= 0.6 is 22.6 Å². The monoisotopic (exact) mass is 273 g/mol. The van der Waals surface area contributed by atoms with Gasteiger partial charge in [-0.1, -0.05) is 0 Å². The van der Waals surface area contributed by atoms with E-state index in [0.717, 1.165) is 9.39 Å². The second-order valence-electron chi connectivity index (χ2n) is 2.00. The molecule has 0 aliphatic carbocycles. The highest BCUT2D eigenvalue weighted by molar-refractivity contribution is 14.1. The zero-order valence-corrected chi connectivity index (χ0v) is 8.47. The normalized spacial score (nSPS) is 11.4. The van der Waals surface area contributed by atoms with Gasteiger partial charge in [-0.05, 0) is 47.0 Å². The van der Waals surface area contributed by atoms with Crippen molar-refractivity contribution in [3.63, 3.8) is 0 Å². The number of aromatic nitrogens is 1. The van der Waals surface area contributed by atoms with Crippen LogP contribution in [0.1, 0.15) is 0 Å². The summed E-state index contributed by atoms with van der Waals surface area (Å²) < 4.78 is 0.959. The summed E-state index contributed by atoms with van der Waals surface area (Å²) in [5.41, 5.74) is 5.96. The Hall–Kier alpha value is -0.910. The smallest absolute Gasteiger partial charge is 0.101 e. The standard InChI is InChI=1S/C8H8IN3/c9-8-3-2-7(6-12-8)11-5-1-4-10/h1-6H,10H2. The molecular weight excluding hydrogens is 265 g/mol. The summed E-state index contributed by atoms with van der Waals surface area (Å²) in [7, 11) is 0. The van der Waals surface area contributed by atoms with Crippen molar-refractivity contribution in [2.45, 2.75) is 0 Å². The first-order chi connectivity index (χ1) is 5.83. The van der Waals surface area contributed by atoms with Gasteiger partial charge >= 0.3 is 0 Å². The van der Waals surface area contributed by atoms with Crippen molar-refractivity contribution < 1.29 is 0 Å². The molecule has 0 fully saturated rings. The van der Waals surface area contributed by atoms with E-state index in [4.69, 9.17) is 5.73 Å². The van der Waals surface area contributed by atoms with Crippen molar-refractivity contribution >= 4 is 34.5 Å². The van der Waals surface area contributed by atoms with Gasteiger partial charge in [0.05, 0.1) is 11.9 Å². The van der Waals surface area contributed by atoms with Crippen molar-refractivity contribution in [3.05, 3.63) is 34.3 Å². The Kier molecular flexibility index (Phi) is 3.72. The van der Waals surface area contributed by atoms with E-state index in [1.165, 1.54) is 6.20 Å². The number of hydrogen-bond acceptors (Lipinski definition) is 3. The Bertz CT molecular complexity index is 290. The number of hydrogen-bond donors (Lipinski definition) is 1. The molecule has 1 rings (SSSR count). The highest BCUT2D eigenvalue weighted by Gasteiger charge is 1.87. The molecule has 0 spiro atoms. The summed E-state index contributed by atoms with van der Waals surface area (Å²) in [6, 6.07) is 3.80. The summed E-state index contributed by atoms with van der Waals surface area (Å²) in [5, 5.41) is 0. The van der Waals surface area contributed by atoms with Crippen LogP contribution in [-0.4, -0.2) is 11.2 Å². The Morgan fingerprint density at radius 1 is 1.50 bits per heavy atom. The van der Waals surface area contributed by atoms with Crippen molar-refractivity contribution in [1.82, 2.24) is 4.98 Å². The summed E-state index contributed by atoms with van der Waals surface area (Å²) in [4.78, 5) is 8.15. The lowest BCUT2D eigenvalue weighted by atomic mass is 10.4. The van der Waals surface area contributed by atoms with Gasteiger partial charge in [-0.3, -0.25) is 4.99 Å². The van der Waals surface area contributed by atoms with E-state index in [-0.39, 0.29) is 0 Å². The van der Waals surface area contributed by atoms with E-state index < -0.39 is 0 Å². The Labute approximate surface area is 84.6 Å². The predicted molar refractivity (Wildman–Crippen MR) is 58.4 cm³/mol. The van der Waals surface area contributed by atoms with Crippen LogP contribution in [-0.2, 0) is 0 Å². The SMILES string of the molecule is NC=CC=Nc1ccc(I)nc1. The zero-order chi connectivity index (χ0) is 8.81. The van der Waals surface area contributed by atoms with E-state index in [1.54, 1.807) is 18.5 Å². The minimum Gasteiger partial charge on any atom is -0.405 e. The van der Waals surface area contributed by atoms with Gasteiger partial charge in [-0.25, -0.2) is 4.98 Å². The van der Waals surface area contributed by atoms with Gasteiger partial charge in [0.1, 0.15) is 3.70 Å². The quantitative estimate of drug-likeness (QED) is 0.508. The molecule has 0 unspecified atom stereocenters. The van der Waals surface area contributed by atoms with E-state index in [9.17, 15) is 0 Å². The van der Waals surface area contributed by atoms with E-state index >= 15 is 0 Å². The maximum absolute atomic E-state index is 5.13. The minimum atomic E-state index is 0.827. The zero-order valence-electron chi connectivity index (χ0n) is 6.31. The summed E-state index contributed by atoms with van der Waals surface area (Å²) in [5.74, 6) is 0. The molecule has 2 N–H and O–H groups in total. The molecule has 12 heavy (non-hydrogen) atoms. The molecular formula is C8H8IN3. The molecule has 0 aliphatic rings. The van der Waals surface area contributed by atoms with E-state index in [1.807, 2.05) is 12.1 Å². The summed E-state index contributed by atoms with van der Waals surface area (Å²) in [6.07, 6.45) is 6.44. The average Bonchev–Trinajstić information content (AvgIpc) is 2.09. The lowest BCUT2D eigenvalue weighted by Crippen LogP contribution is -1.78. The van der Waals surface area contributed by atoms with Gasteiger partial charge in [0.25, 0.3) is 0 Å². The number of aliphatic imine (C=N–C) groups is 1. The first-order valence-corrected chi connectivity index (χ1v) is 4.43. The molecule has 1 aromatic rings. The fourth-order valence-corrected chi connectivity index (χ4v) is 0.942. The number of halogens is 1. The van der Waals surface area contributed by atoms with Gasteiger partial charge in [0.2, 0.25) is 0 Å². The maximum Gasteiger partial charge on any atom is 0.101 e. The number of nitrogens with two attached hydrogens (primary N) is 1. The van der Waals surface area contributed by atoms with Crippen LogP contribution in [0.4, 0.5) is 5.69 Å². The van der Waals surface area contributed by atoms with Gasteiger partial charge < -0.3 is 5.73 Å². The average molecular weight is 273 g/mol. The third-order valence-electron chi connectivity index (χ3n) is 1.13. The summed E-state index contributed by atoms with van der Waals surface area (Å²) in [6.45, 7) is 0. The molecule has 0 saturated carbocycles. The van der Waals surface area contributed by atoms with E-state index in [0.29, 0.717) is 0 Å². The minimum absolute atomic E-state index is 0.827. The van der Waals surface area contributed by atoms with Crippen LogP contribution in [0.5, 0.6) is 0 Å². The fourth-order valence-electron chi connectivity index (χ4n) is 0.623. The molecule has 1 aromatic heterocycles.